The summed E-state index contributed by atoms with van der Waals surface area (Å²) in [7, 11) is 0. The predicted octanol–water partition coefficient (Wildman–Crippen LogP) is 2.10. The lowest BCUT2D eigenvalue weighted by molar-refractivity contribution is 0.708. The van der Waals surface area contributed by atoms with Gasteiger partial charge in [0.15, 0.2) is 5.82 Å². The maximum atomic E-state index is 12.1. The zero-order valence-corrected chi connectivity index (χ0v) is 10.1. The van der Waals surface area contributed by atoms with Crippen LogP contribution in [0.15, 0.2) is 29.2 Å². The quantitative estimate of drug-likeness (QED) is 0.778. The summed E-state index contributed by atoms with van der Waals surface area (Å²) in [5.41, 5.74) is 2.55. The summed E-state index contributed by atoms with van der Waals surface area (Å²) < 4.78 is 0. The molecule has 3 rings (SSSR count). The van der Waals surface area contributed by atoms with Gasteiger partial charge in [0, 0.05) is 11.8 Å². The molecule has 4 heteroatoms. The van der Waals surface area contributed by atoms with Crippen molar-refractivity contribution in [1.29, 1.82) is 0 Å². The number of nitrogens with zero attached hydrogens (tertiary/aromatic N) is 2. The summed E-state index contributed by atoms with van der Waals surface area (Å²) in [6.45, 7) is 0. The van der Waals surface area contributed by atoms with Crippen LogP contribution in [0.2, 0.25) is 0 Å². The number of aryl methyl sites for hydroxylation is 1. The fourth-order valence-electron chi connectivity index (χ4n) is 2.40. The van der Waals surface area contributed by atoms with Crippen LogP contribution >= 0.6 is 0 Å². The molecule has 1 N–H and O–H groups in total. The van der Waals surface area contributed by atoms with Crippen LogP contribution in [0.5, 0.6) is 0 Å². The number of fused-ring (bicyclic) bond motifs is 1. The van der Waals surface area contributed by atoms with E-state index < -0.39 is 0 Å². The second-order valence-corrected chi connectivity index (χ2v) is 4.62. The number of H-pyrrole nitrogens is 1. The number of aromatic amines is 1. The van der Waals surface area contributed by atoms with Gasteiger partial charge in [-0.25, -0.2) is 4.98 Å². The molecule has 0 unspecified atom stereocenters. The molecule has 2 heterocycles. The molecule has 0 atom stereocenters. The van der Waals surface area contributed by atoms with Crippen LogP contribution < -0.4 is 5.56 Å². The topological polar surface area (TPSA) is 58.6 Å². The van der Waals surface area contributed by atoms with Gasteiger partial charge in [-0.2, -0.15) is 0 Å². The number of hydrogen-bond acceptors (Lipinski definition) is 3. The van der Waals surface area contributed by atoms with Crippen molar-refractivity contribution < 1.29 is 0 Å². The molecular weight excluding hydrogens is 226 g/mol. The van der Waals surface area contributed by atoms with Crippen molar-refractivity contribution in [3.05, 3.63) is 46.0 Å². The molecule has 0 spiro atoms. The smallest absolute Gasteiger partial charge is 0.254 e. The van der Waals surface area contributed by atoms with E-state index in [1.54, 1.807) is 6.20 Å². The van der Waals surface area contributed by atoms with E-state index in [4.69, 9.17) is 0 Å². The van der Waals surface area contributed by atoms with E-state index in [1.807, 2.05) is 18.2 Å². The molecule has 0 aromatic carbocycles. The summed E-state index contributed by atoms with van der Waals surface area (Å²) >= 11 is 0. The lowest BCUT2D eigenvalue weighted by Gasteiger charge is -2.06. The SMILES string of the molecule is O=c1[nH]c(-c2ccccn2)nc2c1CCCCC2. The molecule has 0 amide bonds. The van der Waals surface area contributed by atoms with Crippen molar-refractivity contribution in [2.75, 3.05) is 0 Å². The van der Waals surface area contributed by atoms with E-state index in [0.29, 0.717) is 5.82 Å². The minimum absolute atomic E-state index is 0.00236. The number of hydrogen-bond donors (Lipinski definition) is 1. The Bertz CT molecular complexity index is 604. The van der Waals surface area contributed by atoms with Gasteiger partial charge in [-0.05, 0) is 37.8 Å². The predicted molar refractivity (Wildman–Crippen MR) is 69.3 cm³/mol. The third-order valence-electron chi connectivity index (χ3n) is 3.35. The fraction of sp³-hybridized carbons (Fsp3) is 0.357. The Morgan fingerprint density at radius 3 is 2.83 bits per heavy atom. The molecule has 4 nitrogen and oxygen atoms in total. The van der Waals surface area contributed by atoms with E-state index in [0.717, 1.165) is 42.6 Å². The second kappa shape index (κ2) is 4.72. The van der Waals surface area contributed by atoms with E-state index in [2.05, 4.69) is 15.0 Å². The van der Waals surface area contributed by atoms with Gasteiger partial charge in [0.05, 0.1) is 5.69 Å². The van der Waals surface area contributed by atoms with E-state index >= 15 is 0 Å². The standard InChI is InChI=1S/C14H15N3O/c18-14-10-6-2-1-3-7-11(10)16-13(17-14)12-8-4-5-9-15-12/h4-5,8-9H,1-3,6-7H2,(H,16,17,18). The average molecular weight is 241 g/mol. The normalized spacial score (nSPS) is 14.9. The first kappa shape index (κ1) is 11.1. The Hall–Kier alpha value is -1.97. The first-order chi connectivity index (χ1) is 8.84. The van der Waals surface area contributed by atoms with Gasteiger partial charge in [0.1, 0.15) is 5.69 Å². The van der Waals surface area contributed by atoms with Crippen LogP contribution in [-0.4, -0.2) is 15.0 Å². The second-order valence-electron chi connectivity index (χ2n) is 4.62. The number of nitrogens with one attached hydrogen (secondary N) is 1. The summed E-state index contributed by atoms with van der Waals surface area (Å²) in [5.74, 6) is 0.584. The molecule has 2 aromatic heterocycles. The minimum Gasteiger partial charge on any atom is -0.305 e. The third kappa shape index (κ3) is 2.06. The van der Waals surface area contributed by atoms with Gasteiger partial charge in [-0.15, -0.1) is 0 Å². The fourth-order valence-corrected chi connectivity index (χ4v) is 2.40. The van der Waals surface area contributed by atoms with Gasteiger partial charge >= 0.3 is 0 Å². The highest BCUT2D eigenvalue weighted by molar-refractivity contribution is 5.48. The van der Waals surface area contributed by atoms with Gasteiger partial charge in [-0.3, -0.25) is 9.78 Å². The molecule has 0 fully saturated rings. The van der Waals surface area contributed by atoms with Crippen molar-refractivity contribution in [1.82, 2.24) is 15.0 Å². The van der Waals surface area contributed by atoms with Crippen molar-refractivity contribution in [2.24, 2.45) is 0 Å². The maximum absolute atomic E-state index is 12.1. The van der Waals surface area contributed by atoms with E-state index in [1.165, 1.54) is 6.42 Å². The van der Waals surface area contributed by atoms with E-state index in [-0.39, 0.29) is 5.56 Å². The molecule has 1 aliphatic rings. The van der Waals surface area contributed by atoms with Crippen LogP contribution in [0.4, 0.5) is 0 Å². The Labute approximate surface area is 105 Å². The van der Waals surface area contributed by atoms with Crippen molar-refractivity contribution >= 4 is 0 Å². The molecule has 0 bridgehead atoms. The highest BCUT2D eigenvalue weighted by Crippen LogP contribution is 2.18. The molecule has 18 heavy (non-hydrogen) atoms. The first-order valence-electron chi connectivity index (χ1n) is 6.38. The molecule has 0 radical (unpaired) electrons. The largest absolute Gasteiger partial charge is 0.305 e. The zero-order valence-electron chi connectivity index (χ0n) is 10.1. The molecule has 0 saturated carbocycles. The average Bonchev–Trinajstić information content (AvgIpc) is 2.65. The van der Waals surface area contributed by atoms with Crippen LogP contribution in [0, 0.1) is 0 Å². The monoisotopic (exact) mass is 241 g/mol. The highest BCUT2D eigenvalue weighted by atomic mass is 16.1. The number of rotatable bonds is 1. The summed E-state index contributed by atoms with van der Waals surface area (Å²) in [6.07, 6.45) is 6.83. The van der Waals surface area contributed by atoms with Gasteiger partial charge < -0.3 is 4.98 Å². The highest BCUT2D eigenvalue weighted by Gasteiger charge is 2.15. The zero-order chi connectivity index (χ0) is 12.4. The summed E-state index contributed by atoms with van der Waals surface area (Å²) in [6, 6.07) is 5.61. The molecule has 2 aromatic rings. The van der Waals surface area contributed by atoms with Crippen molar-refractivity contribution in [3.8, 4) is 11.5 Å². The lowest BCUT2D eigenvalue weighted by Crippen LogP contribution is -2.18. The third-order valence-corrected chi connectivity index (χ3v) is 3.35. The molecule has 92 valence electrons. The molecule has 0 aliphatic heterocycles. The van der Waals surface area contributed by atoms with Crippen molar-refractivity contribution in [2.45, 2.75) is 32.1 Å². The van der Waals surface area contributed by atoms with Crippen LogP contribution in [0.25, 0.3) is 11.5 Å². The summed E-state index contributed by atoms with van der Waals surface area (Å²) in [5, 5.41) is 0. The maximum Gasteiger partial charge on any atom is 0.254 e. The lowest BCUT2D eigenvalue weighted by atomic mass is 10.1. The van der Waals surface area contributed by atoms with Crippen LogP contribution in [0.3, 0.4) is 0 Å². The van der Waals surface area contributed by atoms with E-state index in [9.17, 15) is 4.79 Å². The molecule has 1 aliphatic carbocycles. The van der Waals surface area contributed by atoms with Crippen molar-refractivity contribution in [3.63, 3.8) is 0 Å². The Kier molecular flexibility index (Phi) is 2.92. The Balaban J connectivity index is 2.11. The van der Waals surface area contributed by atoms with Crippen LogP contribution in [-0.2, 0) is 12.8 Å². The van der Waals surface area contributed by atoms with Gasteiger partial charge in [-0.1, -0.05) is 12.5 Å². The number of pyridine rings is 1. The minimum atomic E-state index is 0.00236. The van der Waals surface area contributed by atoms with Crippen LogP contribution in [0.1, 0.15) is 30.5 Å². The molecule has 0 saturated heterocycles. The first-order valence-corrected chi connectivity index (χ1v) is 6.38. The Morgan fingerprint density at radius 2 is 2.00 bits per heavy atom. The Morgan fingerprint density at radius 1 is 1.11 bits per heavy atom. The summed E-state index contributed by atoms with van der Waals surface area (Å²) in [4.78, 5) is 23.8. The molecular formula is C14H15N3O. The number of aromatic nitrogens is 3. The van der Waals surface area contributed by atoms with Gasteiger partial charge in [0.25, 0.3) is 5.56 Å². The van der Waals surface area contributed by atoms with Gasteiger partial charge in [0.2, 0.25) is 0 Å².